The van der Waals surface area contributed by atoms with Crippen LogP contribution in [0.3, 0.4) is 0 Å². The summed E-state index contributed by atoms with van der Waals surface area (Å²) in [6.07, 6.45) is 0. The minimum atomic E-state index is -3.65. The van der Waals surface area contributed by atoms with E-state index in [0.29, 0.717) is 4.47 Å². The Morgan fingerprint density at radius 3 is 2.24 bits per heavy atom. The van der Waals surface area contributed by atoms with Gasteiger partial charge in [-0.05, 0) is 58.7 Å². The van der Waals surface area contributed by atoms with Gasteiger partial charge in [-0.2, -0.15) is 0 Å². The van der Waals surface area contributed by atoms with Crippen molar-refractivity contribution < 1.29 is 13.2 Å². The summed E-state index contributed by atoms with van der Waals surface area (Å²) in [4.78, 5) is 12.6. The number of hydrogen-bond acceptors (Lipinski definition) is 3. The number of halogens is 2. The molecule has 0 aliphatic rings. The first-order chi connectivity index (χ1) is 11.6. The maximum Gasteiger partial charge on any atom is 0.251 e. The molecule has 0 spiro atoms. The molecule has 134 valence electrons. The predicted molar refractivity (Wildman–Crippen MR) is 105 cm³/mol. The fraction of sp³-hybridized carbons (Fsp3) is 0.235. The number of nitrogens with one attached hydrogen (secondary N) is 1. The summed E-state index contributed by atoms with van der Waals surface area (Å²) in [6, 6.07) is 12.0. The first-order valence-electron chi connectivity index (χ1n) is 7.41. The Morgan fingerprint density at radius 2 is 1.68 bits per heavy atom. The van der Waals surface area contributed by atoms with Crippen molar-refractivity contribution in [3.63, 3.8) is 0 Å². The number of carbonyl (C=O) groups is 1. The molecule has 0 saturated carbocycles. The zero-order valence-corrected chi connectivity index (χ0v) is 17.9. The van der Waals surface area contributed by atoms with Crippen molar-refractivity contribution in [3.8, 4) is 0 Å². The molecule has 25 heavy (non-hydrogen) atoms. The first-order valence-corrected chi connectivity index (χ1v) is 10.4. The first kappa shape index (κ1) is 20.1. The summed E-state index contributed by atoms with van der Waals surface area (Å²) in [5.41, 5.74) is 1.24. The monoisotopic (exact) mass is 488 g/mol. The van der Waals surface area contributed by atoms with Gasteiger partial charge >= 0.3 is 0 Å². The van der Waals surface area contributed by atoms with Gasteiger partial charge in [-0.15, -0.1) is 0 Å². The van der Waals surface area contributed by atoms with E-state index in [-0.39, 0.29) is 22.4 Å². The smallest absolute Gasteiger partial charge is 0.251 e. The molecule has 1 atom stereocenters. The van der Waals surface area contributed by atoms with Gasteiger partial charge in [0.15, 0.2) is 0 Å². The van der Waals surface area contributed by atoms with Crippen LogP contribution in [0.5, 0.6) is 0 Å². The van der Waals surface area contributed by atoms with E-state index >= 15 is 0 Å². The molecule has 0 radical (unpaired) electrons. The third-order valence-corrected chi connectivity index (χ3v) is 7.01. The SMILES string of the molecule is CC(NC(=O)c1ccc(Br)c(S(=O)(=O)N(C)C)c1)c1ccc(Br)cc1. The van der Waals surface area contributed by atoms with E-state index in [1.165, 1.54) is 20.2 Å². The fourth-order valence-electron chi connectivity index (χ4n) is 2.15. The van der Waals surface area contributed by atoms with Crippen molar-refractivity contribution in [2.45, 2.75) is 17.9 Å². The number of rotatable bonds is 5. The predicted octanol–water partition coefficient (Wildman–Crippen LogP) is 3.95. The molecule has 2 aromatic rings. The van der Waals surface area contributed by atoms with Gasteiger partial charge in [-0.3, -0.25) is 4.79 Å². The highest BCUT2D eigenvalue weighted by molar-refractivity contribution is 9.10. The Morgan fingerprint density at radius 1 is 1.08 bits per heavy atom. The van der Waals surface area contributed by atoms with Gasteiger partial charge in [-0.25, -0.2) is 12.7 Å². The average Bonchev–Trinajstić information content (AvgIpc) is 2.55. The van der Waals surface area contributed by atoms with Crippen molar-refractivity contribution in [2.75, 3.05) is 14.1 Å². The number of nitrogens with zero attached hydrogens (tertiary/aromatic N) is 1. The van der Waals surface area contributed by atoms with E-state index in [1.54, 1.807) is 12.1 Å². The lowest BCUT2D eigenvalue weighted by Gasteiger charge is -2.16. The number of benzene rings is 2. The van der Waals surface area contributed by atoms with Crippen LogP contribution in [-0.4, -0.2) is 32.7 Å². The van der Waals surface area contributed by atoms with E-state index in [4.69, 9.17) is 0 Å². The Labute approximate surface area is 164 Å². The van der Waals surface area contributed by atoms with Crippen LogP contribution in [0, 0.1) is 0 Å². The summed E-state index contributed by atoms with van der Waals surface area (Å²) in [5, 5.41) is 2.88. The molecule has 0 aromatic heterocycles. The lowest BCUT2D eigenvalue weighted by atomic mass is 10.1. The molecule has 5 nitrogen and oxygen atoms in total. The molecule has 2 rings (SSSR count). The summed E-state index contributed by atoms with van der Waals surface area (Å²) >= 11 is 6.61. The van der Waals surface area contributed by atoms with E-state index in [1.807, 2.05) is 31.2 Å². The Bertz CT molecular complexity index is 881. The van der Waals surface area contributed by atoms with E-state index in [2.05, 4.69) is 37.2 Å². The molecule has 0 heterocycles. The maximum atomic E-state index is 12.5. The van der Waals surface area contributed by atoms with Crippen LogP contribution < -0.4 is 5.32 Å². The molecule has 0 bridgehead atoms. The minimum absolute atomic E-state index is 0.0569. The van der Waals surface area contributed by atoms with Crippen LogP contribution >= 0.6 is 31.9 Å². The standard InChI is InChI=1S/C17H18Br2N2O3S/c1-11(12-4-7-14(18)8-5-12)20-17(22)13-6-9-15(19)16(10-13)25(23,24)21(2)3/h4-11H,1-3H3,(H,20,22). The van der Waals surface area contributed by atoms with Crippen LogP contribution in [0.25, 0.3) is 0 Å². The molecule has 0 aliphatic carbocycles. The van der Waals surface area contributed by atoms with Crippen LogP contribution in [0.2, 0.25) is 0 Å². The van der Waals surface area contributed by atoms with Crippen molar-refractivity contribution in [1.29, 1.82) is 0 Å². The highest BCUT2D eigenvalue weighted by Gasteiger charge is 2.22. The second kappa shape index (κ2) is 7.99. The molecule has 2 aromatic carbocycles. The number of carbonyl (C=O) groups excluding carboxylic acids is 1. The summed E-state index contributed by atoms with van der Waals surface area (Å²) in [5.74, 6) is -0.335. The molecule has 1 unspecified atom stereocenters. The minimum Gasteiger partial charge on any atom is -0.346 e. The van der Waals surface area contributed by atoms with Gasteiger partial charge in [0.25, 0.3) is 5.91 Å². The van der Waals surface area contributed by atoms with Crippen molar-refractivity contribution in [2.24, 2.45) is 0 Å². The van der Waals surface area contributed by atoms with Crippen LogP contribution in [-0.2, 0) is 10.0 Å². The number of sulfonamides is 1. The quantitative estimate of drug-likeness (QED) is 0.691. The Balaban J connectivity index is 2.27. The highest BCUT2D eigenvalue weighted by atomic mass is 79.9. The van der Waals surface area contributed by atoms with Gasteiger partial charge in [0.05, 0.1) is 10.9 Å². The normalized spacial score (nSPS) is 12.9. The van der Waals surface area contributed by atoms with Gasteiger partial charge in [-0.1, -0.05) is 28.1 Å². The molecule has 0 aliphatic heterocycles. The van der Waals surface area contributed by atoms with E-state index in [0.717, 1.165) is 14.3 Å². The van der Waals surface area contributed by atoms with Gasteiger partial charge in [0.1, 0.15) is 0 Å². The second-order valence-electron chi connectivity index (χ2n) is 5.68. The summed E-state index contributed by atoms with van der Waals surface area (Å²) in [6.45, 7) is 1.87. The molecule has 0 saturated heterocycles. The van der Waals surface area contributed by atoms with Gasteiger partial charge < -0.3 is 5.32 Å². The molecular formula is C17H18Br2N2O3S. The third kappa shape index (κ3) is 4.69. The second-order valence-corrected chi connectivity index (χ2v) is 9.57. The van der Waals surface area contributed by atoms with Crippen molar-refractivity contribution >= 4 is 47.8 Å². The molecule has 8 heteroatoms. The van der Waals surface area contributed by atoms with E-state index < -0.39 is 10.0 Å². The largest absolute Gasteiger partial charge is 0.346 e. The summed E-state index contributed by atoms with van der Waals surface area (Å²) < 4.78 is 27.2. The lowest BCUT2D eigenvalue weighted by molar-refractivity contribution is 0.0939. The number of hydrogen-bond donors (Lipinski definition) is 1. The molecular weight excluding hydrogens is 472 g/mol. The number of amides is 1. The lowest BCUT2D eigenvalue weighted by Crippen LogP contribution is -2.27. The average molecular weight is 490 g/mol. The molecule has 1 N–H and O–H groups in total. The fourth-order valence-corrected chi connectivity index (χ4v) is 4.26. The highest BCUT2D eigenvalue weighted by Crippen LogP contribution is 2.25. The maximum absolute atomic E-state index is 12.5. The molecule has 0 fully saturated rings. The van der Waals surface area contributed by atoms with Crippen LogP contribution in [0.1, 0.15) is 28.9 Å². The molecule has 1 amide bonds. The summed E-state index contributed by atoms with van der Waals surface area (Å²) in [7, 11) is -0.751. The topological polar surface area (TPSA) is 66.5 Å². The Kier molecular flexibility index (Phi) is 6.42. The zero-order valence-electron chi connectivity index (χ0n) is 14.0. The van der Waals surface area contributed by atoms with Crippen molar-refractivity contribution in [3.05, 3.63) is 62.5 Å². The van der Waals surface area contributed by atoms with E-state index in [9.17, 15) is 13.2 Å². The van der Waals surface area contributed by atoms with Gasteiger partial charge in [0, 0.05) is 28.6 Å². The zero-order chi connectivity index (χ0) is 18.8. The Hall–Kier alpha value is -1.22. The van der Waals surface area contributed by atoms with Crippen molar-refractivity contribution in [1.82, 2.24) is 9.62 Å². The third-order valence-electron chi connectivity index (χ3n) is 3.67. The van der Waals surface area contributed by atoms with Gasteiger partial charge in [0.2, 0.25) is 10.0 Å². The van der Waals surface area contributed by atoms with Crippen LogP contribution in [0.4, 0.5) is 0 Å². The van der Waals surface area contributed by atoms with Crippen LogP contribution in [0.15, 0.2) is 56.3 Å².